The van der Waals surface area contributed by atoms with E-state index in [4.69, 9.17) is 0 Å². The summed E-state index contributed by atoms with van der Waals surface area (Å²) in [6.45, 7) is 6.95. The lowest BCUT2D eigenvalue weighted by Gasteiger charge is -2.30. The molecule has 0 bridgehead atoms. The third-order valence-electron chi connectivity index (χ3n) is 3.76. The van der Waals surface area contributed by atoms with Crippen molar-refractivity contribution in [2.45, 2.75) is 59.3 Å². The van der Waals surface area contributed by atoms with Crippen molar-refractivity contribution in [1.82, 2.24) is 0 Å². The summed E-state index contributed by atoms with van der Waals surface area (Å²) >= 11 is 1.91. The van der Waals surface area contributed by atoms with Crippen LogP contribution in [0.3, 0.4) is 0 Å². The average Bonchev–Trinajstić information content (AvgIpc) is 2.82. The third kappa shape index (κ3) is 4.11. The van der Waals surface area contributed by atoms with E-state index in [9.17, 15) is 5.11 Å². The average molecular weight is 254 g/mol. The summed E-state index contributed by atoms with van der Waals surface area (Å²) in [6.07, 6.45) is 6.83. The summed E-state index contributed by atoms with van der Waals surface area (Å²) in [5.74, 6) is 0. The number of unbranched alkanes of at least 4 members (excludes halogenated alkanes) is 1. The Labute approximate surface area is 110 Å². The maximum atomic E-state index is 9.73. The van der Waals surface area contributed by atoms with E-state index in [1.54, 1.807) is 0 Å². The highest BCUT2D eigenvalue weighted by molar-refractivity contribution is 7.11. The van der Waals surface area contributed by atoms with Crippen molar-refractivity contribution in [2.24, 2.45) is 5.41 Å². The molecule has 0 spiro atoms. The molecule has 98 valence electrons. The van der Waals surface area contributed by atoms with Gasteiger partial charge in [0.1, 0.15) is 0 Å². The fourth-order valence-corrected chi connectivity index (χ4v) is 3.40. The Hall–Kier alpha value is -0.340. The van der Waals surface area contributed by atoms with Crippen LogP contribution in [0, 0.1) is 5.41 Å². The first-order valence-electron chi connectivity index (χ1n) is 6.88. The van der Waals surface area contributed by atoms with Crippen LogP contribution in [0.1, 0.15) is 56.2 Å². The number of hydrogen-bond acceptors (Lipinski definition) is 2. The summed E-state index contributed by atoms with van der Waals surface area (Å²) in [5, 5.41) is 9.73. The summed E-state index contributed by atoms with van der Waals surface area (Å²) < 4.78 is 0. The van der Waals surface area contributed by atoms with Crippen molar-refractivity contribution in [2.75, 3.05) is 6.61 Å². The van der Waals surface area contributed by atoms with Gasteiger partial charge in [0.25, 0.3) is 0 Å². The Kier molecular flexibility index (Phi) is 6.21. The highest BCUT2D eigenvalue weighted by Crippen LogP contribution is 2.34. The fraction of sp³-hybridized carbons (Fsp3) is 0.733. The molecular weight excluding hydrogens is 228 g/mol. The molecule has 0 saturated heterocycles. The molecule has 0 amide bonds. The zero-order valence-electron chi connectivity index (χ0n) is 11.5. The van der Waals surface area contributed by atoms with Gasteiger partial charge in [0, 0.05) is 16.4 Å². The molecule has 0 aliphatic heterocycles. The van der Waals surface area contributed by atoms with E-state index in [-0.39, 0.29) is 5.41 Å². The van der Waals surface area contributed by atoms with Gasteiger partial charge in [-0.2, -0.15) is 0 Å². The molecule has 0 aliphatic rings. The van der Waals surface area contributed by atoms with Gasteiger partial charge in [0.15, 0.2) is 0 Å². The monoisotopic (exact) mass is 254 g/mol. The van der Waals surface area contributed by atoms with Crippen molar-refractivity contribution in [3.05, 3.63) is 21.9 Å². The van der Waals surface area contributed by atoms with Gasteiger partial charge in [-0.1, -0.05) is 33.6 Å². The lowest BCUT2D eigenvalue weighted by atomic mass is 9.77. The predicted octanol–water partition coefficient (Wildman–Crippen LogP) is 4.43. The maximum absolute atomic E-state index is 9.73. The topological polar surface area (TPSA) is 20.2 Å². The largest absolute Gasteiger partial charge is 0.396 e. The number of aryl methyl sites for hydroxylation is 1. The molecule has 1 atom stereocenters. The number of rotatable bonds is 8. The molecule has 1 N–H and O–H groups in total. The van der Waals surface area contributed by atoms with Crippen LogP contribution in [0.25, 0.3) is 0 Å². The second kappa shape index (κ2) is 7.17. The lowest BCUT2D eigenvalue weighted by molar-refractivity contribution is 0.108. The van der Waals surface area contributed by atoms with Gasteiger partial charge in [-0.05, 0) is 43.2 Å². The number of thiophene rings is 1. The van der Waals surface area contributed by atoms with Crippen LogP contribution >= 0.6 is 11.3 Å². The van der Waals surface area contributed by atoms with Crippen molar-refractivity contribution >= 4 is 11.3 Å². The minimum Gasteiger partial charge on any atom is -0.396 e. The molecule has 1 rings (SSSR count). The van der Waals surface area contributed by atoms with E-state index < -0.39 is 0 Å². The van der Waals surface area contributed by atoms with E-state index in [1.165, 1.54) is 22.6 Å². The van der Waals surface area contributed by atoms with E-state index in [0.717, 1.165) is 25.7 Å². The first-order chi connectivity index (χ1) is 8.19. The maximum Gasteiger partial charge on any atom is 0.0490 e. The highest BCUT2D eigenvalue weighted by atomic mass is 32.1. The Balaban J connectivity index is 2.70. The van der Waals surface area contributed by atoms with Gasteiger partial charge >= 0.3 is 0 Å². The number of aliphatic hydroxyl groups excluding tert-OH is 1. The summed E-state index contributed by atoms with van der Waals surface area (Å²) in [5.41, 5.74) is 0.117. The minimum atomic E-state index is 0.117. The van der Waals surface area contributed by atoms with Crippen LogP contribution in [-0.4, -0.2) is 11.7 Å². The highest BCUT2D eigenvalue weighted by Gasteiger charge is 2.27. The van der Waals surface area contributed by atoms with Gasteiger partial charge in [-0.3, -0.25) is 0 Å². The molecule has 2 heteroatoms. The zero-order chi connectivity index (χ0) is 12.7. The second-order valence-electron chi connectivity index (χ2n) is 5.01. The molecule has 1 aromatic rings. The Morgan fingerprint density at radius 3 is 2.35 bits per heavy atom. The fourth-order valence-electron chi connectivity index (χ4n) is 2.27. The third-order valence-corrected chi connectivity index (χ3v) is 4.99. The smallest absolute Gasteiger partial charge is 0.0490 e. The van der Waals surface area contributed by atoms with Crippen LogP contribution in [0.15, 0.2) is 12.1 Å². The normalized spacial score (nSPS) is 14.8. The lowest BCUT2D eigenvalue weighted by Crippen LogP contribution is -2.27. The van der Waals surface area contributed by atoms with E-state index >= 15 is 0 Å². The van der Waals surface area contributed by atoms with Crippen molar-refractivity contribution < 1.29 is 5.11 Å². The first kappa shape index (κ1) is 14.7. The molecule has 17 heavy (non-hydrogen) atoms. The van der Waals surface area contributed by atoms with Crippen LogP contribution < -0.4 is 0 Å². The predicted molar refractivity (Wildman–Crippen MR) is 76.7 cm³/mol. The van der Waals surface area contributed by atoms with Gasteiger partial charge in [0.2, 0.25) is 0 Å². The Bertz CT molecular complexity index is 312. The summed E-state index contributed by atoms with van der Waals surface area (Å²) in [6, 6.07) is 4.48. The van der Waals surface area contributed by atoms with Crippen LogP contribution in [0.5, 0.6) is 0 Å². The molecule has 0 aliphatic carbocycles. The molecule has 1 heterocycles. The van der Waals surface area contributed by atoms with Crippen LogP contribution in [0.2, 0.25) is 0 Å². The molecule has 0 aromatic carbocycles. The molecule has 1 unspecified atom stereocenters. The number of aliphatic hydroxyl groups is 1. The molecular formula is C15H26OS. The zero-order valence-corrected chi connectivity index (χ0v) is 12.3. The summed E-state index contributed by atoms with van der Waals surface area (Å²) in [7, 11) is 0. The SMILES string of the molecule is CCCCC(CC)(CO)Cc1ccc(CC)s1. The number of hydrogen-bond donors (Lipinski definition) is 1. The van der Waals surface area contributed by atoms with E-state index in [0.29, 0.717) is 6.61 Å². The van der Waals surface area contributed by atoms with Gasteiger partial charge in [-0.25, -0.2) is 0 Å². The van der Waals surface area contributed by atoms with Gasteiger partial charge in [-0.15, -0.1) is 11.3 Å². The standard InChI is InChI=1S/C15H26OS/c1-4-7-10-15(6-3,12-16)11-14-9-8-13(5-2)17-14/h8-9,16H,4-7,10-12H2,1-3H3. The first-order valence-corrected chi connectivity index (χ1v) is 7.69. The molecule has 1 nitrogen and oxygen atoms in total. The van der Waals surface area contributed by atoms with Crippen molar-refractivity contribution in [1.29, 1.82) is 0 Å². The van der Waals surface area contributed by atoms with Crippen LogP contribution in [-0.2, 0) is 12.8 Å². The van der Waals surface area contributed by atoms with Gasteiger partial charge < -0.3 is 5.11 Å². The minimum absolute atomic E-state index is 0.117. The Morgan fingerprint density at radius 1 is 1.18 bits per heavy atom. The molecule has 0 radical (unpaired) electrons. The van der Waals surface area contributed by atoms with E-state index in [2.05, 4.69) is 32.9 Å². The molecule has 1 aromatic heterocycles. The van der Waals surface area contributed by atoms with Crippen molar-refractivity contribution in [3.8, 4) is 0 Å². The second-order valence-corrected chi connectivity index (χ2v) is 6.27. The molecule has 0 fully saturated rings. The Morgan fingerprint density at radius 2 is 1.88 bits per heavy atom. The molecule has 0 saturated carbocycles. The quantitative estimate of drug-likeness (QED) is 0.727. The summed E-state index contributed by atoms with van der Waals surface area (Å²) in [4.78, 5) is 2.90. The van der Waals surface area contributed by atoms with E-state index in [1.807, 2.05) is 11.3 Å². The van der Waals surface area contributed by atoms with Crippen LogP contribution in [0.4, 0.5) is 0 Å². The van der Waals surface area contributed by atoms with Gasteiger partial charge in [0.05, 0.1) is 0 Å². The van der Waals surface area contributed by atoms with Crippen molar-refractivity contribution in [3.63, 3.8) is 0 Å².